The Balaban J connectivity index is 1.93. The Morgan fingerprint density at radius 1 is 1.26 bits per heavy atom. The summed E-state index contributed by atoms with van der Waals surface area (Å²) in [6, 6.07) is 10.1. The van der Waals surface area contributed by atoms with Gasteiger partial charge >= 0.3 is 6.09 Å². The third-order valence-corrected chi connectivity index (χ3v) is 4.01. The van der Waals surface area contributed by atoms with E-state index in [-0.39, 0.29) is 12.1 Å². The quantitative estimate of drug-likeness (QED) is 0.841. The first-order chi connectivity index (χ1) is 10.8. The van der Waals surface area contributed by atoms with Crippen LogP contribution in [-0.4, -0.2) is 47.7 Å². The highest BCUT2D eigenvalue weighted by Crippen LogP contribution is 2.23. The van der Waals surface area contributed by atoms with E-state index >= 15 is 0 Å². The van der Waals surface area contributed by atoms with Crippen molar-refractivity contribution in [3.63, 3.8) is 0 Å². The molecule has 0 saturated carbocycles. The Kier molecular flexibility index (Phi) is 5.27. The second-order valence-electron chi connectivity index (χ2n) is 6.92. The lowest BCUT2D eigenvalue weighted by Crippen LogP contribution is -2.50. The summed E-state index contributed by atoms with van der Waals surface area (Å²) < 4.78 is 5.42. The van der Waals surface area contributed by atoms with Gasteiger partial charge in [-0.3, -0.25) is 4.90 Å². The summed E-state index contributed by atoms with van der Waals surface area (Å²) in [7, 11) is 0. The fraction of sp³-hybridized carbons (Fsp3) is 0.556. The molecule has 5 nitrogen and oxygen atoms in total. The van der Waals surface area contributed by atoms with Crippen molar-refractivity contribution >= 4 is 6.09 Å². The van der Waals surface area contributed by atoms with Gasteiger partial charge in [-0.1, -0.05) is 12.1 Å². The van der Waals surface area contributed by atoms with Crippen molar-refractivity contribution in [2.45, 2.75) is 39.3 Å². The third-order valence-electron chi connectivity index (χ3n) is 4.01. The molecule has 1 amide bonds. The highest BCUT2D eigenvalue weighted by Gasteiger charge is 2.27. The highest BCUT2D eigenvalue weighted by atomic mass is 16.6. The Morgan fingerprint density at radius 3 is 2.48 bits per heavy atom. The maximum atomic E-state index is 12.1. The zero-order valence-electron chi connectivity index (χ0n) is 14.4. The van der Waals surface area contributed by atoms with Gasteiger partial charge in [0.2, 0.25) is 0 Å². The molecule has 1 heterocycles. The summed E-state index contributed by atoms with van der Waals surface area (Å²) in [5.41, 5.74) is 1.36. The second kappa shape index (κ2) is 7.01. The molecule has 1 saturated heterocycles. The molecule has 1 unspecified atom stereocenters. The monoisotopic (exact) mass is 315 g/mol. The number of nitriles is 1. The zero-order valence-corrected chi connectivity index (χ0v) is 14.4. The minimum atomic E-state index is -0.459. The number of nitrogens with zero attached hydrogens (tertiary/aromatic N) is 3. The number of carbonyl (C=O) groups excluding carboxylic acids is 1. The van der Waals surface area contributed by atoms with Gasteiger partial charge in [-0.15, -0.1) is 0 Å². The molecule has 1 aromatic carbocycles. The number of rotatable bonds is 2. The lowest BCUT2D eigenvalue weighted by Gasteiger charge is -2.38. The topological polar surface area (TPSA) is 56.6 Å². The zero-order chi connectivity index (χ0) is 17.0. The maximum Gasteiger partial charge on any atom is 0.410 e. The van der Waals surface area contributed by atoms with Gasteiger partial charge in [0, 0.05) is 32.2 Å². The van der Waals surface area contributed by atoms with E-state index < -0.39 is 5.60 Å². The predicted octanol–water partition coefficient (Wildman–Crippen LogP) is 3.17. The number of benzene rings is 1. The van der Waals surface area contributed by atoms with Crippen LogP contribution in [0, 0.1) is 11.3 Å². The van der Waals surface area contributed by atoms with E-state index in [0.29, 0.717) is 18.7 Å². The molecule has 1 aliphatic heterocycles. The van der Waals surface area contributed by atoms with Gasteiger partial charge in [0.15, 0.2) is 0 Å². The molecule has 1 atom stereocenters. The molecule has 1 aromatic rings. The van der Waals surface area contributed by atoms with Crippen molar-refractivity contribution in [2.24, 2.45) is 0 Å². The average molecular weight is 315 g/mol. The number of amides is 1. The van der Waals surface area contributed by atoms with Crippen molar-refractivity contribution < 1.29 is 9.53 Å². The van der Waals surface area contributed by atoms with E-state index in [1.807, 2.05) is 45.0 Å². The van der Waals surface area contributed by atoms with Crippen LogP contribution in [0.3, 0.4) is 0 Å². The van der Waals surface area contributed by atoms with Crippen LogP contribution >= 0.6 is 0 Å². The Hall–Kier alpha value is -2.06. The maximum absolute atomic E-state index is 12.1. The molecule has 1 aliphatic rings. The predicted molar refractivity (Wildman–Crippen MR) is 89.0 cm³/mol. The first-order valence-corrected chi connectivity index (χ1v) is 8.02. The van der Waals surface area contributed by atoms with E-state index in [1.165, 1.54) is 0 Å². The van der Waals surface area contributed by atoms with E-state index in [9.17, 15) is 4.79 Å². The SMILES string of the molecule is CC(c1cccc(C#N)c1)N1CCN(C(=O)OC(C)(C)C)CC1. The molecule has 0 N–H and O–H groups in total. The first kappa shape index (κ1) is 17.3. The molecule has 0 radical (unpaired) electrons. The smallest absolute Gasteiger partial charge is 0.410 e. The van der Waals surface area contributed by atoms with Crippen LogP contribution in [-0.2, 0) is 4.74 Å². The van der Waals surface area contributed by atoms with E-state index in [2.05, 4.69) is 17.9 Å². The summed E-state index contributed by atoms with van der Waals surface area (Å²) in [4.78, 5) is 16.2. The largest absolute Gasteiger partial charge is 0.444 e. The summed E-state index contributed by atoms with van der Waals surface area (Å²) in [6.45, 7) is 10.7. The van der Waals surface area contributed by atoms with Gasteiger partial charge in [-0.2, -0.15) is 5.26 Å². The fourth-order valence-electron chi connectivity index (χ4n) is 2.70. The molecule has 0 aromatic heterocycles. The lowest BCUT2D eigenvalue weighted by atomic mass is 10.0. The van der Waals surface area contributed by atoms with Crippen molar-refractivity contribution in [1.82, 2.24) is 9.80 Å². The van der Waals surface area contributed by atoms with Crippen LogP contribution < -0.4 is 0 Å². The van der Waals surface area contributed by atoms with Gasteiger partial charge in [-0.05, 0) is 45.4 Å². The molecule has 23 heavy (non-hydrogen) atoms. The van der Waals surface area contributed by atoms with Gasteiger partial charge in [0.05, 0.1) is 11.6 Å². The molecule has 2 rings (SSSR count). The summed E-state index contributed by atoms with van der Waals surface area (Å²) in [5, 5.41) is 9.02. The van der Waals surface area contributed by atoms with E-state index in [4.69, 9.17) is 10.00 Å². The number of piperazine rings is 1. The van der Waals surface area contributed by atoms with Gasteiger partial charge in [0.1, 0.15) is 5.60 Å². The molecule has 0 spiro atoms. The van der Waals surface area contributed by atoms with Crippen molar-refractivity contribution in [1.29, 1.82) is 5.26 Å². The Morgan fingerprint density at radius 2 is 1.91 bits per heavy atom. The van der Waals surface area contributed by atoms with Crippen LogP contribution in [0.15, 0.2) is 24.3 Å². The number of ether oxygens (including phenoxy) is 1. The molecule has 0 aliphatic carbocycles. The normalized spacial score (nSPS) is 17.4. The van der Waals surface area contributed by atoms with Gasteiger partial charge < -0.3 is 9.64 Å². The van der Waals surface area contributed by atoms with Crippen molar-refractivity contribution in [3.8, 4) is 6.07 Å². The lowest BCUT2D eigenvalue weighted by molar-refractivity contribution is 0.0110. The van der Waals surface area contributed by atoms with Gasteiger partial charge in [0.25, 0.3) is 0 Å². The van der Waals surface area contributed by atoms with Crippen LogP contribution in [0.2, 0.25) is 0 Å². The number of hydrogen-bond donors (Lipinski definition) is 0. The molecule has 124 valence electrons. The van der Waals surface area contributed by atoms with E-state index in [0.717, 1.165) is 18.7 Å². The summed E-state index contributed by atoms with van der Waals surface area (Å²) in [5.74, 6) is 0. The highest BCUT2D eigenvalue weighted by molar-refractivity contribution is 5.68. The standard InChI is InChI=1S/C18H25N3O2/c1-14(16-7-5-6-15(12-16)13-19)20-8-10-21(11-9-20)17(22)23-18(2,3)4/h5-7,12,14H,8-11H2,1-4H3. The summed E-state index contributed by atoms with van der Waals surface area (Å²) >= 11 is 0. The van der Waals surface area contributed by atoms with Crippen LogP contribution in [0.4, 0.5) is 4.79 Å². The van der Waals surface area contributed by atoms with Crippen molar-refractivity contribution in [2.75, 3.05) is 26.2 Å². The Labute approximate surface area is 138 Å². The molecular weight excluding hydrogens is 290 g/mol. The first-order valence-electron chi connectivity index (χ1n) is 8.02. The minimum Gasteiger partial charge on any atom is -0.444 e. The Bertz CT molecular complexity index is 593. The fourth-order valence-corrected chi connectivity index (χ4v) is 2.70. The minimum absolute atomic E-state index is 0.226. The molecule has 5 heteroatoms. The van der Waals surface area contributed by atoms with Crippen LogP contribution in [0.5, 0.6) is 0 Å². The molecule has 1 fully saturated rings. The average Bonchev–Trinajstić information content (AvgIpc) is 2.53. The van der Waals surface area contributed by atoms with Crippen molar-refractivity contribution in [3.05, 3.63) is 35.4 Å². The molecule has 0 bridgehead atoms. The van der Waals surface area contributed by atoms with Gasteiger partial charge in [-0.25, -0.2) is 4.79 Å². The number of hydrogen-bond acceptors (Lipinski definition) is 4. The van der Waals surface area contributed by atoms with Crippen LogP contribution in [0.25, 0.3) is 0 Å². The molecular formula is C18H25N3O2. The number of carbonyl (C=O) groups is 1. The third kappa shape index (κ3) is 4.70. The second-order valence-corrected chi connectivity index (χ2v) is 6.92. The van der Waals surface area contributed by atoms with E-state index in [1.54, 1.807) is 4.90 Å². The summed E-state index contributed by atoms with van der Waals surface area (Å²) in [6.07, 6.45) is -0.240. The van der Waals surface area contributed by atoms with Crippen LogP contribution in [0.1, 0.15) is 44.9 Å².